The van der Waals surface area contributed by atoms with Crippen LogP contribution in [0.3, 0.4) is 0 Å². The van der Waals surface area contributed by atoms with Crippen molar-refractivity contribution in [1.82, 2.24) is 5.32 Å². The number of ether oxygens (including phenoxy) is 1. The number of aryl methyl sites for hydroxylation is 2. The zero-order valence-corrected chi connectivity index (χ0v) is 20.9. The molecule has 0 unspecified atom stereocenters. The number of carbonyl (C=O) groups is 1. The lowest BCUT2D eigenvalue weighted by Gasteiger charge is -2.32. The van der Waals surface area contributed by atoms with Crippen LogP contribution in [0.5, 0.6) is 0 Å². The fraction of sp³-hybridized carbons (Fsp3) is 0.345. The molecule has 0 spiro atoms. The molecule has 0 saturated carbocycles. The third-order valence-corrected chi connectivity index (χ3v) is 7.46. The Morgan fingerprint density at radius 2 is 1.63 bits per heavy atom. The Morgan fingerprint density at radius 1 is 0.943 bits per heavy atom. The maximum atomic E-state index is 12.5. The van der Waals surface area contributed by atoms with Crippen molar-refractivity contribution in [3.8, 4) is 0 Å². The molecule has 1 aliphatic carbocycles. The second-order valence-electron chi connectivity index (χ2n) is 10.4. The molecular weight excluding hydrogens is 437 g/mol. The highest BCUT2D eigenvalue weighted by Gasteiger charge is 2.52. The van der Waals surface area contributed by atoms with Gasteiger partial charge in [-0.05, 0) is 79.0 Å². The first kappa shape index (κ1) is 23.6. The normalized spacial score (nSPS) is 18.2. The highest BCUT2D eigenvalue weighted by Crippen LogP contribution is 2.39. The number of nitrogens with one attached hydrogen (secondary N) is 1. The summed E-state index contributed by atoms with van der Waals surface area (Å²) in [4.78, 5) is 12.5. The van der Waals surface area contributed by atoms with Gasteiger partial charge < -0.3 is 19.4 Å². The van der Waals surface area contributed by atoms with Gasteiger partial charge in [0.25, 0.3) is 0 Å². The zero-order valence-electron chi connectivity index (χ0n) is 20.9. The standard InChI is InChI=1S/C29H32BNO4/c1-28(2)29(3,4)35-30(34-28)24(18-31-27(32)33-19-20-9-6-5-7-10-20)17-23-16-15-22-14-13-21-11-8-12-25(23)26(21)22/h5-12,15-17H,13-14,18-19H2,1-4H3,(H,31,32). The Bertz CT molecular complexity index is 1260. The van der Waals surface area contributed by atoms with Gasteiger partial charge in [0.05, 0.1) is 11.2 Å². The number of hydrogen-bond donors (Lipinski definition) is 1. The largest absolute Gasteiger partial charge is 0.492 e. The quantitative estimate of drug-likeness (QED) is 0.458. The van der Waals surface area contributed by atoms with E-state index in [-0.39, 0.29) is 13.2 Å². The van der Waals surface area contributed by atoms with E-state index in [9.17, 15) is 4.79 Å². The Labute approximate surface area is 207 Å². The summed E-state index contributed by atoms with van der Waals surface area (Å²) >= 11 is 0. The topological polar surface area (TPSA) is 56.8 Å². The lowest BCUT2D eigenvalue weighted by molar-refractivity contribution is 0.00578. The average molecular weight is 469 g/mol. The molecule has 1 saturated heterocycles. The van der Waals surface area contributed by atoms with Gasteiger partial charge in [0.15, 0.2) is 0 Å². The second kappa shape index (κ2) is 9.17. The van der Waals surface area contributed by atoms with Crippen LogP contribution in [0.4, 0.5) is 4.79 Å². The third-order valence-electron chi connectivity index (χ3n) is 7.46. The lowest BCUT2D eigenvalue weighted by Crippen LogP contribution is -2.41. The van der Waals surface area contributed by atoms with Crippen LogP contribution in [0.25, 0.3) is 16.8 Å². The molecule has 180 valence electrons. The van der Waals surface area contributed by atoms with Gasteiger partial charge in [-0.3, -0.25) is 0 Å². The van der Waals surface area contributed by atoms with Crippen LogP contribution in [0, 0.1) is 0 Å². The second-order valence-corrected chi connectivity index (χ2v) is 10.4. The molecule has 0 aromatic heterocycles. The average Bonchev–Trinajstić information content (AvgIpc) is 3.35. The van der Waals surface area contributed by atoms with Crippen LogP contribution in [0.2, 0.25) is 0 Å². The molecule has 1 aliphatic heterocycles. The molecular formula is C29H32BNO4. The van der Waals surface area contributed by atoms with E-state index in [1.54, 1.807) is 0 Å². The van der Waals surface area contributed by atoms with Crippen LogP contribution in [-0.2, 0) is 33.5 Å². The summed E-state index contributed by atoms with van der Waals surface area (Å²) in [5.41, 5.74) is 4.71. The van der Waals surface area contributed by atoms with E-state index in [1.165, 1.54) is 21.9 Å². The number of carbonyl (C=O) groups excluding carboxylic acids is 1. The van der Waals surface area contributed by atoms with Crippen LogP contribution < -0.4 is 5.32 Å². The summed E-state index contributed by atoms with van der Waals surface area (Å²) in [5.74, 6) is 0. The molecule has 35 heavy (non-hydrogen) atoms. The minimum absolute atomic E-state index is 0.219. The van der Waals surface area contributed by atoms with E-state index < -0.39 is 24.4 Å². The molecule has 0 radical (unpaired) electrons. The molecule has 3 aromatic rings. The first-order chi connectivity index (χ1) is 16.7. The van der Waals surface area contributed by atoms with Crippen LogP contribution in [0.15, 0.2) is 66.1 Å². The monoisotopic (exact) mass is 469 g/mol. The number of benzene rings is 3. The number of amides is 1. The third kappa shape index (κ3) is 4.73. The SMILES string of the molecule is CC1(C)OB(C(=Cc2ccc3c4c(cccc24)CC3)CNC(=O)OCc2ccccc2)OC1(C)C. The Kier molecular flexibility index (Phi) is 6.20. The molecule has 0 bridgehead atoms. The fourth-order valence-electron chi connectivity index (χ4n) is 4.74. The predicted molar refractivity (Wildman–Crippen MR) is 140 cm³/mol. The molecule has 1 amide bonds. The van der Waals surface area contributed by atoms with Crippen molar-refractivity contribution in [3.05, 3.63) is 88.4 Å². The van der Waals surface area contributed by atoms with Crippen molar-refractivity contribution in [3.63, 3.8) is 0 Å². The van der Waals surface area contributed by atoms with Crippen LogP contribution in [0.1, 0.15) is 49.9 Å². The van der Waals surface area contributed by atoms with Gasteiger partial charge in [0.2, 0.25) is 0 Å². The van der Waals surface area contributed by atoms with Crippen LogP contribution in [-0.4, -0.2) is 31.0 Å². The summed E-state index contributed by atoms with van der Waals surface area (Å²) in [7, 11) is -0.572. The highest BCUT2D eigenvalue weighted by atomic mass is 16.7. The van der Waals surface area contributed by atoms with Gasteiger partial charge in [0, 0.05) is 6.54 Å². The molecule has 2 aliphatic rings. The lowest BCUT2D eigenvalue weighted by atomic mass is 9.76. The van der Waals surface area contributed by atoms with E-state index in [1.807, 2.05) is 58.0 Å². The Hall–Kier alpha value is -3.09. The van der Waals surface area contributed by atoms with Gasteiger partial charge in [-0.2, -0.15) is 0 Å². The van der Waals surface area contributed by atoms with E-state index >= 15 is 0 Å². The van der Waals surface area contributed by atoms with Gasteiger partial charge in [-0.15, -0.1) is 0 Å². The molecule has 5 nitrogen and oxygen atoms in total. The Morgan fingerprint density at radius 3 is 2.34 bits per heavy atom. The van der Waals surface area contributed by atoms with Crippen molar-refractivity contribution in [2.45, 2.75) is 58.3 Å². The molecule has 3 aromatic carbocycles. The summed E-state index contributed by atoms with van der Waals surface area (Å²) < 4.78 is 18.1. The van der Waals surface area contributed by atoms with Crippen molar-refractivity contribution in [2.24, 2.45) is 0 Å². The molecule has 5 rings (SSSR count). The minimum atomic E-state index is -0.572. The van der Waals surface area contributed by atoms with E-state index in [0.717, 1.165) is 29.4 Å². The maximum absolute atomic E-state index is 12.5. The predicted octanol–water partition coefficient (Wildman–Crippen LogP) is 5.88. The van der Waals surface area contributed by atoms with Gasteiger partial charge in [0.1, 0.15) is 6.61 Å². The zero-order chi connectivity index (χ0) is 24.6. The first-order valence-electron chi connectivity index (χ1n) is 12.3. The smallest absolute Gasteiger partial charge is 0.445 e. The summed E-state index contributed by atoms with van der Waals surface area (Å²) in [5, 5.41) is 5.47. The molecule has 6 heteroatoms. The minimum Gasteiger partial charge on any atom is -0.445 e. The van der Waals surface area contributed by atoms with Gasteiger partial charge in [-0.25, -0.2) is 4.79 Å². The first-order valence-corrected chi connectivity index (χ1v) is 12.3. The molecule has 1 N–H and O–H groups in total. The molecule has 0 atom stereocenters. The maximum Gasteiger partial charge on any atom is 0.492 e. The highest BCUT2D eigenvalue weighted by molar-refractivity contribution is 6.56. The molecule has 1 heterocycles. The van der Waals surface area contributed by atoms with Crippen molar-refractivity contribution < 1.29 is 18.8 Å². The van der Waals surface area contributed by atoms with Crippen molar-refractivity contribution >= 4 is 30.1 Å². The number of alkyl carbamates (subject to hydrolysis) is 1. The summed E-state index contributed by atoms with van der Waals surface area (Å²) in [6.07, 6.45) is 3.79. The fourth-order valence-corrected chi connectivity index (χ4v) is 4.74. The molecule has 1 fully saturated rings. The van der Waals surface area contributed by atoms with Crippen molar-refractivity contribution in [2.75, 3.05) is 6.54 Å². The summed E-state index contributed by atoms with van der Waals surface area (Å²) in [6, 6.07) is 20.5. The van der Waals surface area contributed by atoms with Crippen LogP contribution >= 0.6 is 0 Å². The van der Waals surface area contributed by atoms with Gasteiger partial charge >= 0.3 is 13.2 Å². The number of rotatable bonds is 6. The van der Waals surface area contributed by atoms with E-state index in [0.29, 0.717) is 0 Å². The summed E-state index contributed by atoms with van der Waals surface area (Å²) in [6.45, 7) is 8.61. The van der Waals surface area contributed by atoms with Gasteiger partial charge in [-0.1, -0.05) is 66.7 Å². The van der Waals surface area contributed by atoms with E-state index in [2.05, 4.69) is 41.7 Å². The van der Waals surface area contributed by atoms with Crippen molar-refractivity contribution in [1.29, 1.82) is 0 Å². The van der Waals surface area contributed by atoms with E-state index in [4.69, 9.17) is 14.0 Å². The Balaban J connectivity index is 1.41. The number of hydrogen-bond acceptors (Lipinski definition) is 4.